The number of carboxylic acids is 1. The van der Waals surface area contributed by atoms with Crippen LogP contribution in [0.2, 0.25) is 0 Å². The zero-order valence-electron chi connectivity index (χ0n) is 23.7. The highest BCUT2D eigenvalue weighted by molar-refractivity contribution is 5.66. The summed E-state index contributed by atoms with van der Waals surface area (Å²) in [5.41, 5.74) is 0. The van der Waals surface area contributed by atoms with E-state index >= 15 is 0 Å². The van der Waals surface area contributed by atoms with E-state index < -0.39 is 5.97 Å². The first-order chi connectivity index (χ1) is 17.5. The number of rotatable bonds is 23. The van der Waals surface area contributed by atoms with Gasteiger partial charge in [0.15, 0.2) is 0 Å². The van der Waals surface area contributed by atoms with Crippen molar-refractivity contribution >= 4 is 11.9 Å². The van der Waals surface area contributed by atoms with Gasteiger partial charge < -0.3 is 9.84 Å². The van der Waals surface area contributed by atoms with Gasteiger partial charge in [-0.1, -0.05) is 113 Å². The van der Waals surface area contributed by atoms with E-state index in [1.54, 1.807) is 0 Å². The Morgan fingerprint density at radius 3 is 1.75 bits per heavy atom. The van der Waals surface area contributed by atoms with Gasteiger partial charge in [-0.2, -0.15) is 0 Å². The number of carboxylic acid groups (broad SMARTS) is 1. The standard InChI is InChI=1S/2C16H28O2/c1-3-4-5-6-7-8-9-10-11-12-13-14-15-18-16(2)17;1-2-3-4-5-6-7-8-9-10-11-12-13-14-15-16(17)18/h4-7H,3,8-15H2,1-2H3;2-3,5-6H,4,7-15H2,1H3,(H,17,18)/b;3-2+,6-5-. The molecule has 36 heavy (non-hydrogen) atoms. The van der Waals surface area contributed by atoms with E-state index in [-0.39, 0.29) is 5.97 Å². The SMILES string of the molecule is C/C=C/C/C=C\CCCCCCCCCC(=O)O.CCC=CC=CCCCCCCCCOC(C)=O. The number of hydrogen-bond acceptors (Lipinski definition) is 3. The second-order valence-corrected chi connectivity index (χ2v) is 9.20. The third-order valence-electron chi connectivity index (χ3n) is 5.63. The maximum absolute atomic E-state index is 10.5. The highest BCUT2D eigenvalue weighted by Crippen LogP contribution is 2.10. The molecular weight excluding hydrogens is 448 g/mol. The highest BCUT2D eigenvalue weighted by atomic mass is 16.5. The van der Waals surface area contributed by atoms with Crippen LogP contribution < -0.4 is 0 Å². The molecule has 0 saturated carbocycles. The van der Waals surface area contributed by atoms with Gasteiger partial charge in [0.2, 0.25) is 0 Å². The van der Waals surface area contributed by atoms with E-state index in [4.69, 9.17) is 9.84 Å². The summed E-state index contributed by atoms with van der Waals surface area (Å²) in [6, 6.07) is 0. The third-order valence-corrected chi connectivity index (χ3v) is 5.63. The molecule has 1 N–H and O–H groups in total. The molecule has 0 aromatic carbocycles. The monoisotopic (exact) mass is 504 g/mol. The lowest BCUT2D eigenvalue weighted by Gasteiger charge is -2.01. The first kappa shape index (κ1) is 36.1. The van der Waals surface area contributed by atoms with E-state index in [1.807, 2.05) is 6.92 Å². The van der Waals surface area contributed by atoms with Gasteiger partial charge in [-0.15, -0.1) is 0 Å². The predicted octanol–water partition coefficient (Wildman–Crippen LogP) is 9.91. The molecule has 0 amide bonds. The molecule has 0 atom stereocenters. The van der Waals surface area contributed by atoms with E-state index in [2.05, 4.69) is 55.5 Å². The summed E-state index contributed by atoms with van der Waals surface area (Å²) in [5, 5.41) is 8.48. The minimum Gasteiger partial charge on any atom is -0.481 e. The molecule has 0 aromatic heterocycles. The van der Waals surface area contributed by atoms with Crippen LogP contribution >= 0.6 is 0 Å². The molecule has 4 heteroatoms. The molecule has 4 nitrogen and oxygen atoms in total. The van der Waals surface area contributed by atoms with Crippen LogP contribution in [0.15, 0.2) is 48.6 Å². The Balaban J connectivity index is 0. The second kappa shape index (κ2) is 32.9. The molecule has 0 aromatic rings. The largest absolute Gasteiger partial charge is 0.481 e. The van der Waals surface area contributed by atoms with Gasteiger partial charge in [0.1, 0.15) is 0 Å². The summed E-state index contributed by atoms with van der Waals surface area (Å²) in [6.45, 7) is 6.24. The molecule has 0 aliphatic heterocycles. The fourth-order valence-electron chi connectivity index (χ4n) is 3.53. The maximum atomic E-state index is 10.5. The quantitative estimate of drug-likeness (QED) is 0.0650. The summed E-state index contributed by atoms with van der Waals surface area (Å²) in [4.78, 5) is 20.8. The van der Waals surface area contributed by atoms with Gasteiger partial charge in [-0.05, 0) is 58.3 Å². The van der Waals surface area contributed by atoms with Crippen LogP contribution in [0.5, 0.6) is 0 Å². The summed E-state index contributed by atoms with van der Waals surface area (Å²) >= 11 is 0. The molecule has 0 saturated heterocycles. The molecule has 0 rings (SSSR count). The lowest BCUT2D eigenvalue weighted by molar-refractivity contribution is -0.141. The van der Waals surface area contributed by atoms with Gasteiger partial charge in [-0.25, -0.2) is 0 Å². The fourth-order valence-corrected chi connectivity index (χ4v) is 3.53. The van der Waals surface area contributed by atoms with Crippen LogP contribution in [0, 0.1) is 0 Å². The van der Waals surface area contributed by atoms with Crippen LogP contribution in [-0.2, 0) is 14.3 Å². The van der Waals surface area contributed by atoms with E-state index in [0.29, 0.717) is 13.0 Å². The van der Waals surface area contributed by atoms with Crippen molar-refractivity contribution in [2.45, 2.75) is 136 Å². The van der Waals surface area contributed by atoms with Crippen molar-refractivity contribution in [3.8, 4) is 0 Å². The van der Waals surface area contributed by atoms with Crippen molar-refractivity contribution in [2.75, 3.05) is 6.61 Å². The molecule has 0 unspecified atom stereocenters. The molecule has 0 fully saturated rings. The average Bonchev–Trinajstić information content (AvgIpc) is 2.85. The van der Waals surface area contributed by atoms with Crippen molar-refractivity contribution < 1.29 is 19.4 Å². The molecule has 208 valence electrons. The first-order valence-electron chi connectivity index (χ1n) is 14.5. The Morgan fingerprint density at radius 1 is 0.667 bits per heavy atom. The summed E-state index contributed by atoms with van der Waals surface area (Å²) in [6.07, 6.45) is 37.8. The molecule has 0 aliphatic rings. The van der Waals surface area contributed by atoms with Gasteiger partial charge in [0, 0.05) is 13.3 Å². The number of carbonyl (C=O) groups excluding carboxylic acids is 1. The zero-order valence-corrected chi connectivity index (χ0v) is 23.7. The first-order valence-corrected chi connectivity index (χ1v) is 14.5. The number of ether oxygens (including phenoxy) is 1. The average molecular weight is 505 g/mol. The minimum atomic E-state index is -0.667. The zero-order chi connectivity index (χ0) is 27.0. The van der Waals surface area contributed by atoms with Crippen LogP contribution in [0.25, 0.3) is 0 Å². The van der Waals surface area contributed by atoms with Crippen LogP contribution in [0.3, 0.4) is 0 Å². The molecule has 0 heterocycles. The van der Waals surface area contributed by atoms with Crippen molar-refractivity contribution in [1.82, 2.24) is 0 Å². The predicted molar refractivity (Wildman–Crippen MR) is 155 cm³/mol. The Morgan fingerprint density at radius 2 is 1.19 bits per heavy atom. The number of unbranched alkanes of at least 4 members (excludes halogenated alkanes) is 13. The number of esters is 1. The highest BCUT2D eigenvalue weighted by Gasteiger charge is 1.96. The Hall–Kier alpha value is -2.10. The van der Waals surface area contributed by atoms with Crippen molar-refractivity contribution in [1.29, 1.82) is 0 Å². The number of hydrogen-bond donors (Lipinski definition) is 1. The van der Waals surface area contributed by atoms with E-state index in [0.717, 1.165) is 32.1 Å². The number of allylic oxidation sites excluding steroid dienone is 8. The Labute approximate surface area is 223 Å². The smallest absolute Gasteiger partial charge is 0.303 e. The molecule has 0 aliphatic carbocycles. The summed E-state index contributed by atoms with van der Waals surface area (Å²) in [5.74, 6) is -0.835. The number of carbonyl (C=O) groups is 2. The molecule has 0 radical (unpaired) electrons. The lowest BCUT2D eigenvalue weighted by atomic mass is 10.1. The Bertz CT molecular complexity index is 587. The van der Waals surface area contributed by atoms with Crippen LogP contribution in [0.1, 0.15) is 136 Å². The van der Waals surface area contributed by atoms with Crippen LogP contribution in [0.4, 0.5) is 0 Å². The molecular formula is C32H56O4. The normalized spacial score (nSPS) is 11.5. The van der Waals surface area contributed by atoms with Crippen molar-refractivity contribution in [2.24, 2.45) is 0 Å². The van der Waals surface area contributed by atoms with Crippen LogP contribution in [-0.4, -0.2) is 23.7 Å². The third kappa shape index (κ3) is 39.1. The van der Waals surface area contributed by atoms with Gasteiger partial charge in [0.25, 0.3) is 0 Å². The fraction of sp³-hybridized carbons (Fsp3) is 0.688. The molecule has 0 bridgehead atoms. The second-order valence-electron chi connectivity index (χ2n) is 9.20. The number of aliphatic carboxylic acids is 1. The Kier molecular flexibility index (Phi) is 33.0. The maximum Gasteiger partial charge on any atom is 0.303 e. The minimum absolute atomic E-state index is 0.168. The van der Waals surface area contributed by atoms with Crippen molar-refractivity contribution in [3.05, 3.63) is 48.6 Å². The van der Waals surface area contributed by atoms with E-state index in [1.165, 1.54) is 84.0 Å². The summed E-state index contributed by atoms with van der Waals surface area (Å²) in [7, 11) is 0. The van der Waals surface area contributed by atoms with Gasteiger partial charge in [-0.3, -0.25) is 9.59 Å². The topological polar surface area (TPSA) is 63.6 Å². The van der Waals surface area contributed by atoms with Gasteiger partial charge >= 0.3 is 11.9 Å². The lowest BCUT2D eigenvalue weighted by Crippen LogP contribution is -1.99. The summed E-state index contributed by atoms with van der Waals surface area (Å²) < 4.78 is 4.88. The van der Waals surface area contributed by atoms with E-state index in [9.17, 15) is 9.59 Å². The van der Waals surface area contributed by atoms with Crippen molar-refractivity contribution in [3.63, 3.8) is 0 Å². The molecule has 0 spiro atoms. The van der Waals surface area contributed by atoms with Gasteiger partial charge in [0.05, 0.1) is 6.61 Å².